The average molecular weight is 571 g/mol. The van der Waals surface area contributed by atoms with Gasteiger partial charge in [0, 0.05) is 11.1 Å². The second-order valence-corrected chi connectivity index (χ2v) is 11.0. The number of ketones is 1. The van der Waals surface area contributed by atoms with Crippen molar-refractivity contribution in [1.29, 1.82) is 0 Å². The van der Waals surface area contributed by atoms with Crippen LogP contribution in [0.1, 0.15) is 120 Å². The van der Waals surface area contributed by atoms with Gasteiger partial charge in [-0.3, -0.25) is 4.79 Å². The van der Waals surface area contributed by atoms with Gasteiger partial charge in [0.15, 0.2) is 5.78 Å². The van der Waals surface area contributed by atoms with Crippen LogP contribution < -0.4 is 9.47 Å². The zero-order valence-corrected chi connectivity index (χ0v) is 25.9. The lowest BCUT2D eigenvalue weighted by Gasteiger charge is -2.07. The Morgan fingerprint density at radius 1 is 0.476 bits per heavy atom. The number of hydrogen-bond acceptors (Lipinski definition) is 5. The monoisotopic (exact) mass is 570 g/mol. The molecule has 0 saturated carbocycles. The van der Waals surface area contributed by atoms with E-state index in [0.717, 1.165) is 36.6 Å². The summed E-state index contributed by atoms with van der Waals surface area (Å²) in [4.78, 5) is 12.9. The third kappa shape index (κ3) is 13.0. The van der Waals surface area contributed by atoms with Gasteiger partial charge in [0.2, 0.25) is 0 Å². The van der Waals surface area contributed by atoms with Gasteiger partial charge in [-0.15, -0.1) is 0 Å². The van der Waals surface area contributed by atoms with Crippen molar-refractivity contribution >= 4 is 17.2 Å². The van der Waals surface area contributed by atoms with Crippen LogP contribution in [0.3, 0.4) is 0 Å². The van der Waals surface area contributed by atoms with Gasteiger partial charge in [0.05, 0.1) is 24.6 Å². The van der Waals surface area contributed by atoms with E-state index in [1.54, 1.807) is 12.1 Å². The van der Waals surface area contributed by atoms with Crippen molar-refractivity contribution in [2.75, 3.05) is 13.2 Å². The van der Waals surface area contributed by atoms with E-state index in [9.17, 15) is 4.79 Å². The number of hydrogen-bond donors (Lipinski definition) is 0. The summed E-state index contributed by atoms with van der Waals surface area (Å²) in [6.07, 6.45) is 17.8. The molecule has 3 aromatic rings. The van der Waals surface area contributed by atoms with Crippen molar-refractivity contribution in [3.8, 4) is 11.5 Å². The molecule has 3 rings (SSSR count). The molecule has 0 fully saturated rings. The molecule has 0 amide bonds. The van der Waals surface area contributed by atoms with Crippen molar-refractivity contribution < 1.29 is 14.3 Å². The molecule has 5 heteroatoms. The molecule has 0 unspecified atom stereocenters. The smallest absolute Gasteiger partial charge is 0.193 e. The molecule has 0 spiro atoms. The minimum absolute atomic E-state index is 0.0245. The maximum Gasteiger partial charge on any atom is 0.193 e. The molecule has 0 N–H and O–H groups in total. The summed E-state index contributed by atoms with van der Waals surface area (Å²) < 4.78 is 11.7. The maximum absolute atomic E-state index is 12.9. The standard InChI is InChI=1S/C37H50N2O3/c1-3-5-7-9-11-12-14-16-30-42-36-27-23-34(24-28-36)39-38-33-21-17-31(18-22-33)37(40)32-19-25-35(26-20-32)41-29-15-13-10-8-6-4-2/h17-28H,3-16,29-30H2,1-2H3. The molecular weight excluding hydrogens is 520 g/mol. The quantitative estimate of drug-likeness (QED) is 0.0685. The fourth-order valence-corrected chi connectivity index (χ4v) is 4.77. The zero-order chi connectivity index (χ0) is 29.7. The van der Waals surface area contributed by atoms with Gasteiger partial charge in [-0.25, -0.2) is 0 Å². The normalized spacial score (nSPS) is 11.2. The zero-order valence-electron chi connectivity index (χ0n) is 25.9. The lowest BCUT2D eigenvalue weighted by Crippen LogP contribution is -2.02. The topological polar surface area (TPSA) is 60.2 Å². The summed E-state index contributed by atoms with van der Waals surface area (Å²) in [6, 6.07) is 22.3. The second kappa shape index (κ2) is 20.4. The average Bonchev–Trinajstić information content (AvgIpc) is 3.03. The fourth-order valence-electron chi connectivity index (χ4n) is 4.77. The summed E-state index contributed by atoms with van der Waals surface area (Å²) in [7, 11) is 0. The number of carbonyl (C=O) groups is 1. The summed E-state index contributed by atoms with van der Waals surface area (Å²) in [5.41, 5.74) is 2.71. The molecule has 0 heterocycles. The van der Waals surface area contributed by atoms with Crippen molar-refractivity contribution in [2.45, 2.75) is 104 Å². The van der Waals surface area contributed by atoms with Crippen molar-refractivity contribution in [2.24, 2.45) is 10.2 Å². The van der Waals surface area contributed by atoms with Gasteiger partial charge in [0.25, 0.3) is 0 Å². The van der Waals surface area contributed by atoms with Crippen molar-refractivity contribution in [3.63, 3.8) is 0 Å². The molecule has 0 saturated heterocycles. The third-order valence-electron chi connectivity index (χ3n) is 7.40. The molecule has 0 radical (unpaired) electrons. The lowest BCUT2D eigenvalue weighted by molar-refractivity contribution is 0.103. The number of ether oxygens (including phenoxy) is 2. The van der Waals surface area contributed by atoms with Crippen LogP contribution >= 0.6 is 0 Å². The molecule has 0 aliphatic rings. The molecule has 3 aromatic carbocycles. The number of nitrogens with zero attached hydrogens (tertiary/aromatic N) is 2. The van der Waals surface area contributed by atoms with Crippen LogP contribution in [0, 0.1) is 0 Å². The van der Waals surface area contributed by atoms with Crippen LogP contribution in [0.15, 0.2) is 83.0 Å². The Balaban J connectivity index is 1.36. The van der Waals surface area contributed by atoms with Gasteiger partial charge >= 0.3 is 0 Å². The third-order valence-corrected chi connectivity index (χ3v) is 7.40. The lowest BCUT2D eigenvalue weighted by atomic mass is 10.0. The van der Waals surface area contributed by atoms with Crippen LogP contribution in [0.2, 0.25) is 0 Å². The summed E-state index contributed by atoms with van der Waals surface area (Å²) in [6.45, 7) is 5.95. The Bertz CT molecular complexity index is 1160. The van der Waals surface area contributed by atoms with Gasteiger partial charge in [-0.05, 0) is 85.6 Å². The van der Waals surface area contributed by atoms with E-state index in [2.05, 4.69) is 24.1 Å². The maximum atomic E-state index is 12.9. The summed E-state index contributed by atoms with van der Waals surface area (Å²) in [5, 5.41) is 8.66. The van der Waals surface area contributed by atoms with E-state index < -0.39 is 0 Å². The van der Waals surface area contributed by atoms with Crippen LogP contribution in [0.5, 0.6) is 11.5 Å². The van der Waals surface area contributed by atoms with E-state index in [1.807, 2.05) is 60.7 Å². The molecule has 0 aliphatic heterocycles. The Hall–Kier alpha value is -3.47. The molecule has 0 bridgehead atoms. The predicted molar refractivity (Wildman–Crippen MR) is 174 cm³/mol. The highest BCUT2D eigenvalue weighted by molar-refractivity contribution is 6.09. The molecule has 226 valence electrons. The highest BCUT2D eigenvalue weighted by Crippen LogP contribution is 2.23. The van der Waals surface area contributed by atoms with E-state index in [-0.39, 0.29) is 5.78 Å². The highest BCUT2D eigenvalue weighted by Gasteiger charge is 2.09. The first kappa shape index (κ1) is 33.0. The molecule has 5 nitrogen and oxygen atoms in total. The molecule has 42 heavy (non-hydrogen) atoms. The Labute approximate surface area is 253 Å². The Morgan fingerprint density at radius 2 is 0.810 bits per heavy atom. The molecule has 0 aliphatic carbocycles. The second-order valence-electron chi connectivity index (χ2n) is 11.0. The van der Waals surface area contributed by atoms with Gasteiger partial charge < -0.3 is 9.47 Å². The number of azo groups is 1. The Kier molecular flexibility index (Phi) is 16.1. The minimum atomic E-state index is -0.0245. The van der Waals surface area contributed by atoms with E-state index in [1.165, 1.54) is 77.0 Å². The number of unbranched alkanes of at least 4 members (excludes halogenated alkanes) is 12. The largest absolute Gasteiger partial charge is 0.494 e. The van der Waals surface area contributed by atoms with Gasteiger partial charge in [-0.1, -0.05) is 90.9 Å². The predicted octanol–water partition coefficient (Wildman–Crippen LogP) is 11.6. The first-order valence-corrected chi connectivity index (χ1v) is 16.2. The Morgan fingerprint density at radius 3 is 1.24 bits per heavy atom. The first-order chi connectivity index (χ1) is 20.7. The SMILES string of the molecule is CCCCCCCCCCOc1ccc(N=Nc2ccc(C(=O)c3ccc(OCCCCCCCC)cc3)cc2)cc1. The minimum Gasteiger partial charge on any atom is -0.494 e. The van der Waals surface area contributed by atoms with Crippen LogP contribution in [0.4, 0.5) is 11.4 Å². The van der Waals surface area contributed by atoms with Crippen molar-refractivity contribution in [1.82, 2.24) is 0 Å². The fraction of sp³-hybridized carbons (Fsp3) is 0.486. The molecule has 0 atom stereocenters. The summed E-state index contributed by atoms with van der Waals surface area (Å²) in [5.74, 6) is 1.64. The van der Waals surface area contributed by atoms with Gasteiger partial charge in [0.1, 0.15) is 11.5 Å². The number of rotatable bonds is 22. The molecular formula is C37H50N2O3. The van der Waals surface area contributed by atoms with Gasteiger partial charge in [-0.2, -0.15) is 10.2 Å². The van der Waals surface area contributed by atoms with Crippen LogP contribution in [-0.4, -0.2) is 19.0 Å². The molecule has 0 aromatic heterocycles. The van der Waals surface area contributed by atoms with E-state index >= 15 is 0 Å². The van der Waals surface area contributed by atoms with E-state index in [0.29, 0.717) is 23.4 Å². The van der Waals surface area contributed by atoms with Crippen LogP contribution in [0.25, 0.3) is 0 Å². The van der Waals surface area contributed by atoms with E-state index in [4.69, 9.17) is 9.47 Å². The number of benzene rings is 3. The first-order valence-electron chi connectivity index (χ1n) is 16.2. The van der Waals surface area contributed by atoms with Crippen molar-refractivity contribution in [3.05, 3.63) is 83.9 Å². The summed E-state index contributed by atoms with van der Waals surface area (Å²) >= 11 is 0. The highest BCUT2D eigenvalue weighted by atomic mass is 16.5. The van der Waals surface area contributed by atoms with Crippen LogP contribution in [-0.2, 0) is 0 Å². The number of carbonyl (C=O) groups excluding carboxylic acids is 1.